The fourth-order valence-electron chi connectivity index (χ4n) is 3.25. The number of ether oxygens (including phenoxy) is 2. The predicted molar refractivity (Wildman–Crippen MR) is 122 cm³/mol. The molecule has 0 heterocycles. The Morgan fingerprint density at radius 3 is 2.21 bits per heavy atom. The number of benzene rings is 1. The highest BCUT2D eigenvalue weighted by atomic mass is 28.3. The number of methoxy groups -OCH3 is 1. The average Bonchev–Trinajstić information content (AvgIpc) is 2.65. The molecule has 1 radical (unpaired) electrons. The zero-order valence-electron chi connectivity index (χ0n) is 19.6. The van der Waals surface area contributed by atoms with Crippen LogP contribution >= 0.6 is 0 Å². The molecule has 0 amide bonds. The maximum Gasteiger partial charge on any atom is 0.308 e. The zero-order chi connectivity index (χ0) is 21.9. The Labute approximate surface area is 180 Å². The van der Waals surface area contributed by atoms with E-state index in [-0.39, 0.29) is 11.4 Å². The van der Waals surface area contributed by atoms with E-state index >= 15 is 0 Å². The molecular formula is C24H41O4Si. The highest BCUT2D eigenvalue weighted by Gasteiger charge is 2.24. The van der Waals surface area contributed by atoms with Crippen LogP contribution in [-0.4, -0.2) is 22.1 Å². The van der Waals surface area contributed by atoms with E-state index in [1.54, 1.807) is 7.11 Å². The Hall–Kier alpha value is -1.33. The number of carbonyl (C=O) groups excluding carboxylic acids is 1. The first kappa shape index (κ1) is 25.7. The fourth-order valence-corrected chi connectivity index (χ4v) is 3.87. The lowest BCUT2D eigenvalue weighted by atomic mass is 9.86. The third-order valence-electron chi connectivity index (χ3n) is 4.87. The molecule has 1 rings (SSSR count). The summed E-state index contributed by atoms with van der Waals surface area (Å²) < 4.78 is 17.3. The molecule has 1 atom stereocenters. The Kier molecular flexibility index (Phi) is 11.6. The number of rotatable bonds is 13. The zero-order valence-corrected chi connectivity index (χ0v) is 20.6. The van der Waals surface area contributed by atoms with Gasteiger partial charge in [-0.1, -0.05) is 78.4 Å². The van der Waals surface area contributed by atoms with Crippen molar-refractivity contribution in [2.75, 3.05) is 7.11 Å². The van der Waals surface area contributed by atoms with Crippen molar-refractivity contribution in [3.8, 4) is 5.75 Å². The van der Waals surface area contributed by atoms with Crippen molar-refractivity contribution in [2.24, 2.45) is 0 Å². The van der Waals surface area contributed by atoms with E-state index in [4.69, 9.17) is 13.9 Å². The van der Waals surface area contributed by atoms with E-state index in [2.05, 4.69) is 27.7 Å². The molecule has 1 aromatic carbocycles. The van der Waals surface area contributed by atoms with Crippen molar-refractivity contribution in [3.63, 3.8) is 0 Å². The molecule has 0 saturated heterocycles. The fraction of sp³-hybridized carbons (Fsp3) is 0.708. The van der Waals surface area contributed by atoms with E-state index in [1.807, 2.05) is 31.3 Å². The third-order valence-corrected chi connectivity index (χ3v) is 5.56. The van der Waals surface area contributed by atoms with Crippen LogP contribution in [0.3, 0.4) is 0 Å². The Bertz CT molecular complexity index is 607. The second-order valence-electron chi connectivity index (χ2n) is 8.93. The second-order valence-corrected chi connectivity index (χ2v) is 11.0. The van der Waals surface area contributed by atoms with Crippen molar-refractivity contribution < 1.29 is 18.7 Å². The topological polar surface area (TPSA) is 44.8 Å². The van der Waals surface area contributed by atoms with Crippen LogP contribution < -0.4 is 4.74 Å². The third kappa shape index (κ3) is 9.81. The smallest absolute Gasteiger partial charge is 0.308 e. The summed E-state index contributed by atoms with van der Waals surface area (Å²) in [5.74, 6) is 0.610. The van der Waals surface area contributed by atoms with E-state index < -0.39 is 15.3 Å². The van der Waals surface area contributed by atoms with Gasteiger partial charge in [0.15, 0.2) is 0 Å². The summed E-state index contributed by atoms with van der Waals surface area (Å²) in [4.78, 5) is 12.4. The molecule has 0 saturated carbocycles. The Morgan fingerprint density at radius 1 is 1.03 bits per heavy atom. The predicted octanol–water partition coefficient (Wildman–Crippen LogP) is 6.94. The number of esters is 1. The van der Waals surface area contributed by atoms with Gasteiger partial charge in [-0.15, -0.1) is 0 Å². The minimum atomic E-state index is -1.04. The van der Waals surface area contributed by atoms with Crippen molar-refractivity contribution >= 4 is 15.0 Å². The number of unbranched alkanes of at least 4 members (excludes halogenated alkanes) is 6. The quantitative estimate of drug-likeness (QED) is 0.150. The molecule has 4 nitrogen and oxygen atoms in total. The number of hydrogen-bond acceptors (Lipinski definition) is 4. The summed E-state index contributed by atoms with van der Waals surface area (Å²) in [6.45, 7) is 12.8. The molecule has 5 heteroatoms. The highest BCUT2D eigenvalue weighted by molar-refractivity contribution is 6.48. The van der Waals surface area contributed by atoms with Gasteiger partial charge in [-0.2, -0.15) is 0 Å². The van der Waals surface area contributed by atoms with Crippen LogP contribution in [-0.2, 0) is 19.4 Å². The number of hydrogen-bond donors (Lipinski definition) is 0. The molecule has 0 aliphatic heterocycles. The minimum Gasteiger partial charge on any atom is -0.496 e. The highest BCUT2D eigenvalue weighted by Crippen LogP contribution is 2.34. The first-order chi connectivity index (χ1) is 13.7. The summed E-state index contributed by atoms with van der Waals surface area (Å²) in [5.41, 5.74) is 1.92. The Morgan fingerprint density at radius 2 is 1.66 bits per heavy atom. The van der Waals surface area contributed by atoms with Crippen molar-refractivity contribution in [3.05, 3.63) is 29.3 Å². The number of carbonyl (C=O) groups is 1. The largest absolute Gasteiger partial charge is 0.496 e. The van der Waals surface area contributed by atoms with Crippen LogP contribution in [0.2, 0.25) is 13.1 Å². The summed E-state index contributed by atoms with van der Waals surface area (Å²) in [5, 5.41) is 0. The van der Waals surface area contributed by atoms with Gasteiger partial charge in [-0.05, 0) is 36.6 Å². The average molecular weight is 422 g/mol. The van der Waals surface area contributed by atoms with Crippen LogP contribution in [0.5, 0.6) is 5.75 Å². The molecule has 1 aromatic rings. The molecule has 29 heavy (non-hydrogen) atoms. The van der Waals surface area contributed by atoms with E-state index in [9.17, 15) is 4.79 Å². The maximum atomic E-state index is 12.4. The SMILES string of the molecule is CCCCCCCCCC(=O)OC(O[Si](C)C)c1ccc(C(C)(C)C)c(OC)c1. The van der Waals surface area contributed by atoms with E-state index in [0.717, 1.165) is 29.7 Å². The van der Waals surface area contributed by atoms with Gasteiger partial charge in [-0.25, -0.2) is 0 Å². The Balaban J connectivity index is 2.71. The molecule has 0 spiro atoms. The van der Waals surface area contributed by atoms with Gasteiger partial charge < -0.3 is 13.9 Å². The van der Waals surface area contributed by atoms with E-state index in [1.165, 1.54) is 32.1 Å². The standard InChI is InChI=1S/C24H41O4Si/c1-8-9-10-11-12-13-14-15-22(25)27-23(28-29(6)7)19-16-17-20(24(2,3)4)21(18-19)26-5/h16-18,23H,8-15H2,1-7H3. The van der Waals surface area contributed by atoms with Gasteiger partial charge in [0.1, 0.15) is 5.75 Å². The molecule has 0 aliphatic rings. The van der Waals surface area contributed by atoms with Gasteiger partial charge in [-0.3, -0.25) is 4.79 Å². The summed E-state index contributed by atoms with van der Waals surface area (Å²) in [6, 6.07) is 5.98. The summed E-state index contributed by atoms with van der Waals surface area (Å²) >= 11 is 0. The molecule has 0 N–H and O–H groups in total. The van der Waals surface area contributed by atoms with Gasteiger partial charge >= 0.3 is 5.97 Å². The second kappa shape index (κ2) is 13.1. The van der Waals surface area contributed by atoms with Gasteiger partial charge in [0.25, 0.3) is 0 Å². The molecule has 0 bridgehead atoms. The molecule has 0 fully saturated rings. The molecule has 0 aliphatic carbocycles. The van der Waals surface area contributed by atoms with Crippen molar-refractivity contribution in [1.82, 2.24) is 0 Å². The van der Waals surface area contributed by atoms with Crippen LogP contribution in [0.15, 0.2) is 18.2 Å². The minimum absolute atomic E-state index is 0.0293. The first-order valence-electron chi connectivity index (χ1n) is 11.0. The molecular weight excluding hydrogens is 380 g/mol. The molecule has 1 unspecified atom stereocenters. The van der Waals surface area contributed by atoms with E-state index in [0.29, 0.717) is 6.42 Å². The monoisotopic (exact) mass is 421 g/mol. The van der Waals surface area contributed by atoms with Crippen molar-refractivity contribution in [2.45, 2.75) is 104 Å². The lowest BCUT2D eigenvalue weighted by Crippen LogP contribution is -2.20. The van der Waals surface area contributed by atoms with Crippen LogP contribution in [0.25, 0.3) is 0 Å². The first-order valence-corrected chi connectivity index (χ1v) is 13.4. The summed E-state index contributed by atoms with van der Waals surface area (Å²) in [7, 11) is 0.634. The van der Waals surface area contributed by atoms with Gasteiger partial charge in [0.05, 0.1) is 7.11 Å². The van der Waals surface area contributed by atoms with Gasteiger partial charge in [0.2, 0.25) is 15.3 Å². The van der Waals surface area contributed by atoms with Crippen LogP contribution in [0, 0.1) is 0 Å². The normalized spacial score (nSPS) is 12.8. The lowest BCUT2D eigenvalue weighted by molar-refractivity contribution is -0.165. The summed E-state index contributed by atoms with van der Waals surface area (Å²) in [6.07, 6.45) is 8.03. The van der Waals surface area contributed by atoms with Crippen LogP contribution in [0.1, 0.15) is 96.5 Å². The van der Waals surface area contributed by atoms with Crippen LogP contribution in [0.4, 0.5) is 0 Å². The maximum absolute atomic E-state index is 12.4. The van der Waals surface area contributed by atoms with Crippen molar-refractivity contribution in [1.29, 1.82) is 0 Å². The lowest BCUT2D eigenvalue weighted by Gasteiger charge is -2.25. The molecule has 0 aromatic heterocycles. The van der Waals surface area contributed by atoms with Gasteiger partial charge in [0, 0.05) is 12.0 Å². The molecule has 165 valence electrons.